The van der Waals surface area contributed by atoms with Gasteiger partial charge in [-0.15, -0.1) is 0 Å². The van der Waals surface area contributed by atoms with Gasteiger partial charge in [0.25, 0.3) is 5.91 Å². The highest BCUT2D eigenvalue weighted by molar-refractivity contribution is 5.94. The summed E-state index contributed by atoms with van der Waals surface area (Å²) in [5.41, 5.74) is 1.74. The largest absolute Gasteiger partial charge is 0.344 e. The summed E-state index contributed by atoms with van der Waals surface area (Å²) in [6, 6.07) is 14.0. The predicted molar refractivity (Wildman–Crippen MR) is 71.3 cm³/mol. The number of hydrogen-bond acceptors (Lipinski definition) is 3. The number of amides is 1. The first-order chi connectivity index (χ1) is 9.20. The molecule has 1 unspecified atom stereocenters. The fourth-order valence-corrected chi connectivity index (χ4v) is 1.72. The van der Waals surface area contributed by atoms with Crippen molar-refractivity contribution in [1.29, 1.82) is 5.26 Å². The monoisotopic (exact) mass is 251 g/mol. The molecule has 4 nitrogen and oxygen atoms in total. The lowest BCUT2D eigenvalue weighted by atomic mass is 10.1. The van der Waals surface area contributed by atoms with E-state index in [2.05, 4.69) is 10.3 Å². The SMILES string of the molecule is CC(NC(=O)c1cccc(C#N)c1)c1ccccn1. The van der Waals surface area contributed by atoms with E-state index in [1.807, 2.05) is 31.2 Å². The molecule has 1 atom stereocenters. The third kappa shape index (κ3) is 3.17. The van der Waals surface area contributed by atoms with Crippen LogP contribution in [0, 0.1) is 11.3 Å². The highest BCUT2D eigenvalue weighted by Crippen LogP contribution is 2.10. The highest BCUT2D eigenvalue weighted by atomic mass is 16.1. The molecule has 1 amide bonds. The normalized spacial score (nSPS) is 11.4. The van der Waals surface area contributed by atoms with Gasteiger partial charge in [0.05, 0.1) is 23.4 Å². The van der Waals surface area contributed by atoms with Gasteiger partial charge >= 0.3 is 0 Å². The van der Waals surface area contributed by atoms with Gasteiger partial charge in [-0.05, 0) is 37.3 Å². The highest BCUT2D eigenvalue weighted by Gasteiger charge is 2.12. The Kier molecular flexibility index (Phi) is 3.89. The first kappa shape index (κ1) is 12.8. The molecule has 0 spiro atoms. The molecule has 0 radical (unpaired) electrons. The third-order valence-corrected chi connectivity index (χ3v) is 2.73. The molecule has 1 aromatic carbocycles. The van der Waals surface area contributed by atoms with E-state index in [0.717, 1.165) is 5.69 Å². The van der Waals surface area contributed by atoms with Crippen LogP contribution < -0.4 is 5.32 Å². The molecule has 0 bridgehead atoms. The standard InChI is InChI=1S/C15H13N3O/c1-11(14-7-2-3-8-17-14)18-15(19)13-6-4-5-12(9-13)10-16/h2-9,11H,1H3,(H,18,19). The van der Waals surface area contributed by atoms with Crippen molar-refractivity contribution in [2.75, 3.05) is 0 Å². The average Bonchev–Trinajstić information content (AvgIpc) is 2.48. The third-order valence-electron chi connectivity index (χ3n) is 2.73. The van der Waals surface area contributed by atoms with Crippen LogP contribution in [0.5, 0.6) is 0 Å². The molecule has 0 saturated heterocycles. The molecule has 0 fully saturated rings. The van der Waals surface area contributed by atoms with Crippen LogP contribution in [0.2, 0.25) is 0 Å². The Labute approximate surface area is 111 Å². The Morgan fingerprint density at radius 2 is 2.16 bits per heavy atom. The number of nitriles is 1. The van der Waals surface area contributed by atoms with Crippen LogP contribution in [0.25, 0.3) is 0 Å². The number of carbonyl (C=O) groups is 1. The maximum absolute atomic E-state index is 12.0. The molecule has 0 aliphatic rings. The van der Waals surface area contributed by atoms with Crippen LogP contribution in [-0.2, 0) is 0 Å². The molecule has 2 rings (SSSR count). The molecule has 1 heterocycles. The van der Waals surface area contributed by atoms with Crippen LogP contribution in [-0.4, -0.2) is 10.9 Å². The summed E-state index contributed by atoms with van der Waals surface area (Å²) in [4.78, 5) is 16.2. The molecule has 0 aliphatic carbocycles. The lowest BCUT2D eigenvalue weighted by Crippen LogP contribution is -2.27. The average molecular weight is 251 g/mol. The van der Waals surface area contributed by atoms with E-state index in [9.17, 15) is 4.79 Å². The van der Waals surface area contributed by atoms with Crippen molar-refractivity contribution < 1.29 is 4.79 Å². The molecule has 0 saturated carbocycles. The first-order valence-corrected chi connectivity index (χ1v) is 5.92. The summed E-state index contributed by atoms with van der Waals surface area (Å²) >= 11 is 0. The van der Waals surface area contributed by atoms with Crippen molar-refractivity contribution >= 4 is 5.91 Å². The van der Waals surface area contributed by atoms with Crippen molar-refractivity contribution in [3.05, 3.63) is 65.5 Å². The van der Waals surface area contributed by atoms with E-state index in [1.54, 1.807) is 30.5 Å². The first-order valence-electron chi connectivity index (χ1n) is 5.92. The van der Waals surface area contributed by atoms with E-state index in [-0.39, 0.29) is 11.9 Å². The number of carbonyl (C=O) groups excluding carboxylic acids is 1. The van der Waals surface area contributed by atoms with Gasteiger partial charge in [-0.2, -0.15) is 5.26 Å². The van der Waals surface area contributed by atoms with E-state index in [0.29, 0.717) is 11.1 Å². The minimum Gasteiger partial charge on any atom is -0.344 e. The Balaban J connectivity index is 2.11. The second kappa shape index (κ2) is 5.78. The number of pyridine rings is 1. The second-order valence-electron chi connectivity index (χ2n) is 4.14. The van der Waals surface area contributed by atoms with Crippen molar-refractivity contribution in [2.45, 2.75) is 13.0 Å². The Morgan fingerprint density at radius 3 is 2.84 bits per heavy atom. The smallest absolute Gasteiger partial charge is 0.251 e. The molecule has 94 valence electrons. The number of nitrogens with one attached hydrogen (secondary N) is 1. The summed E-state index contributed by atoms with van der Waals surface area (Å²) in [7, 11) is 0. The zero-order valence-corrected chi connectivity index (χ0v) is 10.5. The van der Waals surface area contributed by atoms with Crippen LogP contribution in [0.4, 0.5) is 0 Å². The van der Waals surface area contributed by atoms with Crippen LogP contribution in [0.1, 0.15) is 34.6 Å². The summed E-state index contributed by atoms with van der Waals surface area (Å²) in [6.45, 7) is 1.87. The van der Waals surface area contributed by atoms with Crippen LogP contribution in [0.3, 0.4) is 0 Å². The maximum Gasteiger partial charge on any atom is 0.251 e. The Bertz CT molecular complexity index is 617. The van der Waals surface area contributed by atoms with Crippen LogP contribution in [0.15, 0.2) is 48.7 Å². The van der Waals surface area contributed by atoms with Gasteiger partial charge in [-0.25, -0.2) is 0 Å². The summed E-state index contributed by atoms with van der Waals surface area (Å²) in [5.74, 6) is -0.213. The van der Waals surface area contributed by atoms with E-state index < -0.39 is 0 Å². The molecule has 2 aromatic rings. The van der Waals surface area contributed by atoms with Crippen molar-refractivity contribution in [1.82, 2.24) is 10.3 Å². The molecular formula is C15H13N3O. The minimum atomic E-state index is -0.213. The quantitative estimate of drug-likeness (QED) is 0.911. The predicted octanol–water partition coefficient (Wildman–Crippen LogP) is 2.44. The van der Waals surface area contributed by atoms with Crippen molar-refractivity contribution in [2.24, 2.45) is 0 Å². The van der Waals surface area contributed by atoms with Crippen LogP contribution >= 0.6 is 0 Å². The molecule has 4 heteroatoms. The lowest BCUT2D eigenvalue weighted by molar-refractivity contribution is 0.0939. The topological polar surface area (TPSA) is 65.8 Å². The van der Waals surface area contributed by atoms with E-state index in [4.69, 9.17) is 5.26 Å². The van der Waals surface area contributed by atoms with Crippen molar-refractivity contribution in [3.8, 4) is 6.07 Å². The van der Waals surface area contributed by atoms with E-state index in [1.165, 1.54) is 0 Å². The zero-order valence-electron chi connectivity index (χ0n) is 10.5. The van der Waals surface area contributed by atoms with E-state index >= 15 is 0 Å². The number of aromatic nitrogens is 1. The summed E-state index contributed by atoms with van der Waals surface area (Å²) < 4.78 is 0. The van der Waals surface area contributed by atoms with Gasteiger partial charge < -0.3 is 5.32 Å². The Morgan fingerprint density at radius 1 is 1.32 bits per heavy atom. The number of rotatable bonds is 3. The van der Waals surface area contributed by atoms with Gasteiger partial charge in [0, 0.05) is 11.8 Å². The number of nitrogens with zero attached hydrogens (tertiary/aromatic N) is 2. The summed E-state index contributed by atoms with van der Waals surface area (Å²) in [6.07, 6.45) is 1.69. The molecule has 19 heavy (non-hydrogen) atoms. The van der Waals surface area contributed by atoms with Gasteiger partial charge in [0.15, 0.2) is 0 Å². The van der Waals surface area contributed by atoms with Gasteiger partial charge in [0.2, 0.25) is 0 Å². The maximum atomic E-state index is 12.0. The second-order valence-corrected chi connectivity index (χ2v) is 4.14. The van der Waals surface area contributed by atoms with Gasteiger partial charge in [0.1, 0.15) is 0 Å². The lowest BCUT2D eigenvalue weighted by Gasteiger charge is -2.13. The minimum absolute atomic E-state index is 0.181. The van der Waals surface area contributed by atoms with Gasteiger partial charge in [-0.3, -0.25) is 9.78 Å². The fraction of sp³-hybridized carbons (Fsp3) is 0.133. The molecule has 1 aromatic heterocycles. The molecule has 1 N–H and O–H groups in total. The van der Waals surface area contributed by atoms with Crippen molar-refractivity contribution in [3.63, 3.8) is 0 Å². The zero-order chi connectivity index (χ0) is 13.7. The Hall–Kier alpha value is -2.67. The molecule has 0 aliphatic heterocycles. The molecular weight excluding hydrogens is 238 g/mol. The van der Waals surface area contributed by atoms with Gasteiger partial charge in [-0.1, -0.05) is 12.1 Å². The number of hydrogen-bond donors (Lipinski definition) is 1. The fourth-order valence-electron chi connectivity index (χ4n) is 1.72. The number of benzene rings is 1. The summed E-state index contributed by atoms with van der Waals surface area (Å²) in [5, 5.41) is 11.7.